The van der Waals surface area contributed by atoms with E-state index in [4.69, 9.17) is 4.74 Å². The highest BCUT2D eigenvalue weighted by Crippen LogP contribution is 2.24. The Bertz CT molecular complexity index is 1170. The number of benzene rings is 3. The van der Waals surface area contributed by atoms with Gasteiger partial charge >= 0.3 is 0 Å². The molecule has 0 saturated carbocycles. The third kappa shape index (κ3) is 5.22. The molecule has 6 heteroatoms. The molecule has 0 aliphatic carbocycles. The van der Waals surface area contributed by atoms with Crippen LogP contribution in [0.1, 0.15) is 25.6 Å². The summed E-state index contributed by atoms with van der Waals surface area (Å²) < 4.78 is 5.80. The third-order valence-corrected chi connectivity index (χ3v) is 5.78. The standard InChI is InChI=1S/C26H22N2O3S/c1-28(21-13-15-23(16-14-21)31-22-6-3-2-4-7-22)26(30)20-11-9-19(10-12-20)18-27-25(29)24-8-5-17-32-24/h2-17H,18H2,1H3,(H,27,29). The van der Waals surface area contributed by atoms with E-state index < -0.39 is 0 Å². The van der Waals surface area contributed by atoms with Gasteiger partial charge in [-0.05, 0) is 65.5 Å². The lowest BCUT2D eigenvalue weighted by Gasteiger charge is -2.18. The van der Waals surface area contributed by atoms with E-state index in [2.05, 4.69) is 5.32 Å². The van der Waals surface area contributed by atoms with Crippen molar-refractivity contribution in [3.8, 4) is 11.5 Å². The van der Waals surface area contributed by atoms with E-state index >= 15 is 0 Å². The van der Waals surface area contributed by atoms with Crippen LogP contribution in [-0.4, -0.2) is 18.9 Å². The molecule has 0 bridgehead atoms. The van der Waals surface area contributed by atoms with E-state index in [-0.39, 0.29) is 11.8 Å². The van der Waals surface area contributed by atoms with Gasteiger partial charge in [0, 0.05) is 24.8 Å². The van der Waals surface area contributed by atoms with Crippen LogP contribution in [0.15, 0.2) is 96.4 Å². The van der Waals surface area contributed by atoms with E-state index in [9.17, 15) is 9.59 Å². The highest BCUT2D eigenvalue weighted by molar-refractivity contribution is 7.12. The molecule has 1 aromatic heterocycles. The molecule has 5 nitrogen and oxygen atoms in total. The fraction of sp³-hybridized carbons (Fsp3) is 0.0769. The lowest BCUT2D eigenvalue weighted by atomic mass is 10.1. The van der Waals surface area contributed by atoms with Gasteiger partial charge in [0.25, 0.3) is 11.8 Å². The van der Waals surface area contributed by atoms with Crippen LogP contribution in [0, 0.1) is 0 Å². The minimum Gasteiger partial charge on any atom is -0.457 e. The van der Waals surface area contributed by atoms with Gasteiger partial charge in [0.15, 0.2) is 0 Å². The Labute approximate surface area is 190 Å². The van der Waals surface area contributed by atoms with Gasteiger partial charge in [0.1, 0.15) is 11.5 Å². The second kappa shape index (κ2) is 9.94. The summed E-state index contributed by atoms with van der Waals surface area (Å²) in [6.07, 6.45) is 0. The van der Waals surface area contributed by atoms with Crippen molar-refractivity contribution in [3.05, 3.63) is 112 Å². The maximum Gasteiger partial charge on any atom is 0.261 e. The number of carbonyl (C=O) groups excluding carboxylic acids is 2. The number of ether oxygens (including phenoxy) is 1. The molecule has 0 unspecified atom stereocenters. The fourth-order valence-electron chi connectivity index (χ4n) is 3.12. The Morgan fingerprint density at radius 2 is 1.53 bits per heavy atom. The summed E-state index contributed by atoms with van der Waals surface area (Å²) in [7, 11) is 1.74. The van der Waals surface area contributed by atoms with Crippen LogP contribution in [0.5, 0.6) is 11.5 Å². The molecule has 4 aromatic rings. The molecule has 0 aliphatic heterocycles. The summed E-state index contributed by atoms with van der Waals surface area (Å²) in [5, 5.41) is 4.76. The van der Waals surface area contributed by atoms with Crippen LogP contribution in [-0.2, 0) is 6.54 Å². The molecule has 2 amide bonds. The molecule has 0 atom stereocenters. The van der Waals surface area contributed by atoms with Crippen molar-refractivity contribution >= 4 is 28.8 Å². The molecule has 1 heterocycles. The number of nitrogens with zero attached hydrogens (tertiary/aromatic N) is 1. The molecule has 0 fully saturated rings. The Kier molecular flexibility index (Phi) is 6.63. The topological polar surface area (TPSA) is 58.6 Å². The van der Waals surface area contributed by atoms with Crippen molar-refractivity contribution in [1.82, 2.24) is 5.32 Å². The normalized spacial score (nSPS) is 10.4. The van der Waals surface area contributed by atoms with Gasteiger partial charge < -0.3 is 15.0 Å². The van der Waals surface area contributed by atoms with Gasteiger partial charge in [-0.1, -0.05) is 36.4 Å². The van der Waals surface area contributed by atoms with Crippen LogP contribution in [0.4, 0.5) is 5.69 Å². The first-order valence-electron chi connectivity index (χ1n) is 10.1. The number of para-hydroxylation sites is 1. The minimum atomic E-state index is -0.115. The van der Waals surface area contributed by atoms with Crippen molar-refractivity contribution < 1.29 is 14.3 Å². The summed E-state index contributed by atoms with van der Waals surface area (Å²) in [5.74, 6) is 1.25. The summed E-state index contributed by atoms with van der Waals surface area (Å²) in [5.41, 5.74) is 2.27. The molecule has 32 heavy (non-hydrogen) atoms. The van der Waals surface area contributed by atoms with E-state index in [0.29, 0.717) is 22.7 Å². The van der Waals surface area contributed by atoms with Gasteiger partial charge in [-0.25, -0.2) is 0 Å². The second-order valence-electron chi connectivity index (χ2n) is 7.13. The zero-order chi connectivity index (χ0) is 22.3. The Morgan fingerprint density at radius 1 is 0.844 bits per heavy atom. The van der Waals surface area contributed by atoms with E-state index in [0.717, 1.165) is 17.0 Å². The molecule has 4 rings (SSSR count). The zero-order valence-corrected chi connectivity index (χ0v) is 18.3. The number of nitrogens with one attached hydrogen (secondary N) is 1. The molecule has 3 aromatic carbocycles. The van der Waals surface area contributed by atoms with Crippen LogP contribution >= 0.6 is 11.3 Å². The predicted molar refractivity (Wildman–Crippen MR) is 128 cm³/mol. The Hall–Kier alpha value is -3.90. The highest BCUT2D eigenvalue weighted by Gasteiger charge is 2.14. The third-order valence-electron chi connectivity index (χ3n) is 4.91. The number of anilines is 1. The largest absolute Gasteiger partial charge is 0.457 e. The van der Waals surface area contributed by atoms with Gasteiger partial charge in [-0.3, -0.25) is 9.59 Å². The molecular formula is C26H22N2O3S. The summed E-state index contributed by atoms with van der Waals surface area (Å²) in [4.78, 5) is 27.2. The molecule has 0 saturated heterocycles. The summed E-state index contributed by atoms with van der Waals surface area (Å²) >= 11 is 1.40. The SMILES string of the molecule is CN(C(=O)c1ccc(CNC(=O)c2cccs2)cc1)c1ccc(Oc2ccccc2)cc1. The number of carbonyl (C=O) groups is 2. The van der Waals surface area contributed by atoms with Crippen molar-refractivity contribution in [2.24, 2.45) is 0 Å². The van der Waals surface area contributed by atoms with E-state index in [1.165, 1.54) is 11.3 Å². The quantitative estimate of drug-likeness (QED) is 0.397. The van der Waals surface area contributed by atoms with Crippen LogP contribution in [0.3, 0.4) is 0 Å². The van der Waals surface area contributed by atoms with Crippen LogP contribution < -0.4 is 15.0 Å². The molecule has 0 aliphatic rings. The molecule has 160 valence electrons. The molecule has 0 radical (unpaired) electrons. The number of thiophene rings is 1. The predicted octanol–water partition coefficient (Wildman–Crippen LogP) is 5.75. The lowest BCUT2D eigenvalue weighted by molar-refractivity contribution is 0.0953. The van der Waals surface area contributed by atoms with Crippen molar-refractivity contribution in [2.75, 3.05) is 11.9 Å². The highest BCUT2D eigenvalue weighted by atomic mass is 32.1. The van der Waals surface area contributed by atoms with Crippen LogP contribution in [0.25, 0.3) is 0 Å². The first kappa shape index (κ1) is 21.3. The fourth-order valence-corrected chi connectivity index (χ4v) is 3.76. The second-order valence-corrected chi connectivity index (χ2v) is 8.08. The smallest absolute Gasteiger partial charge is 0.261 e. The minimum absolute atomic E-state index is 0.0976. The average molecular weight is 443 g/mol. The van der Waals surface area contributed by atoms with Gasteiger partial charge in [0.05, 0.1) is 4.88 Å². The maximum absolute atomic E-state index is 12.9. The Balaban J connectivity index is 1.35. The molecular weight excluding hydrogens is 420 g/mol. The maximum atomic E-state index is 12.9. The lowest BCUT2D eigenvalue weighted by Crippen LogP contribution is -2.26. The molecule has 0 spiro atoms. The summed E-state index contributed by atoms with van der Waals surface area (Å²) in [6, 6.07) is 27.8. The van der Waals surface area contributed by atoms with E-state index in [1.54, 1.807) is 30.1 Å². The Morgan fingerprint density at radius 3 is 2.19 bits per heavy atom. The number of hydrogen-bond acceptors (Lipinski definition) is 4. The number of hydrogen-bond donors (Lipinski definition) is 1. The number of amides is 2. The van der Waals surface area contributed by atoms with Crippen molar-refractivity contribution in [3.63, 3.8) is 0 Å². The van der Waals surface area contributed by atoms with Gasteiger partial charge in [-0.2, -0.15) is 0 Å². The first-order chi connectivity index (χ1) is 15.6. The van der Waals surface area contributed by atoms with Gasteiger partial charge in [0.2, 0.25) is 0 Å². The van der Waals surface area contributed by atoms with Gasteiger partial charge in [-0.15, -0.1) is 11.3 Å². The zero-order valence-electron chi connectivity index (χ0n) is 17.5. The van der Waals surface area contributed by atoms with Crippen LogP contribution in [0.2, 0.25) is 0 Å². The number of rotatable bonds is 7. The average Bonchev–Trinajstić information content (AvgIpc) is 3.38. The monoisotopic (exact) mass is 442 g/mol. The summed E-state index contributed by atoms with van der Waals surface area (Å²) in [6.45, 7) is 0.407. The molecule has 1 N–H and O–H groups in total. The van der Waals surface area contributed by atoms with Crippen molar-refractivity contribution in [1.29, 1.82) is 0 Å². The first-order valence-corrected chi connectivity index (χ1v) is 11.0. The van der Waals surface area contributed by atoms with E-state index in [1.807, 2.05) is 78.2 Å². The van der Waals surface area contributed by atoms with Crippen molar-refractivity contribution in [2.45, 2.75) is 6.54 Å².